The Labute approximate surface area is 221 Å². The lowest BCUT2D eigenvalue weighted by molar-refractivity contribution is -0.137. The van der Waals surface area contributed by atoms with Crippen LogP contribution in [0.2, 0.25) is 5.02 Å². The van der Waals surface area contributed by atoms with Gasteiger partial charge in [0.15, 0.2) is 0 Å². The first kappa shape index (κ1) is 28.7. The Morgan fingerprint density at radius 2 is 1.68 bits per heavy atom. The van der Waals surface area contributed by atoms with Crippen molar-refractivity contribution < 1.29 is 35.9 Å². The topological polar surface area (TPSA) is 105 Å². The van der Waals surface area contributed by atoms with Gasteiger partial charge in [-0.05, 0) is 55.0 Å². The van der Waals surface area contributed by atoms with E-state index < -0.39 is 50.9 Å². The highest BCUT2D eigenvalue weighted by molar-refractivity contribution is 7.92. The van der Waals surface area contributed by atoms with Crippen molar-refractivity contribution in [3.05, 3.63) is 94.0 Å². The van der Waals surface area contributed by atoms with Gasteiger partial charge in [0.2, 0.25) is 0 Å². The minimum absolute atomic E-state index is 0.228. The van der Waals surface area contributed by atoms with Crippen LogP contribution < -0.4 is 9.73 Å². The molecule has 0 aliphatic heterocycles. The standard InChI is InChI=1S/C25H21ClF3N3O5S/c1-16-3-10-20(11-4-16)38(35,36)32(19-9-12-22(26)21(13-19)25(27,28)29)15-23(33)31-30-14-17-5-7-18(8-6-17)24(34)37-2/h3-14H,15H2,1-2H3,(H,31,33)/b30-14-. The maximum atomic E-state index is 13.5. The second-order valence-corrected chi connectivity index (χ2v) is 10.2. The first-order chi connectivity index (χ1) is 17.8. The Morgan fingerprint density at radius 1 is 1.05 bits per heavy atom. The maximum absolute atomic E-state index is 13.5. The molecule has 1 N–H and O–H groups in total. The Bertz CT molecular complexity index is 1460. The third kappa shape index (κ3) is 6.90. The first-order valence-electron chi connectivity index (χ1n) is 10.8. The molecular formula is C25H21ClF3N3O5S. The molecule has 0 aliphatic rings. The van der Waals surface area contributed by atoms with Crippen molar-refractivity contribution in [2.45, 2.75) is 18.0 Å². The fraction of sp³-hybridized carbons (Fsp3) is 0.160. The summed E-state index contributed by atoms with van der Waals surface area (Å²) in [5, 5.41) is 3.13. The van der Waals surface area contributed by atoms with E-state index in [0.29, 0.717) is 21.5 Å². The van der Waals surface area contributed by atoms with Gasteiger partial charge in [0, 0.05) is 0 Å². The predicted octanol–water partition coefficient (Wildman–Crippen LogP) is 4.80. The Balaban J connectivity index is 1.89. The molecule has 3 aromatic rings. The van der Waals surface area contributed by atoms with E-state index in [1.165, 1.54) is 61.9 Å². The first-order valence-corrected chi connectivity index (χ1v) is 12.6. The number of hydrogen-bond acceptors (Lipinski definition) is 6. The number of sulfonamides is 1. The van der Waals surface area contributed by atoms with Crippen molar-refractivity contribution >= 4 is 45.4 Å². The van der Waals surface area contributed by atoms with Crippen LogP contribution in [0.25, 0.3) is 0 Å². The number of alkyl halides is 3. The number of benzene rings is 3. The summed E-state index contributed by atoms with van der Waals surface area (Å²) < 4.78 is 72.3. The lowest BCUT2D eigenvalue weighted by atomic mass is 10.1. The van der Waals surface area contributed by atoms with Crippen LogP contribution in [-0.4, -0.2) is 40.2 Å². The van der Waals surface area contributed by atoms with E-state index >= 15 is 0 Å². The van der Waals surface area contributed by atoms with Crippen LogP contribution in [0.4, 0.5) is 18.9 Å². The number of halogens is 4. The van der Waals surface area contributed by atoms with E-state index in [0.717, 1.165) is 17.7 Å². The van der Waals surface area contributed by atoms with Gasteiger partial charge in [0.05, 0.1) is 40.1 Å². The average Bonchev–Trinajstić information content (AvgIpc) is 2.87. The normalized spacial score (nSPS) is 11.8. The second kappa shape index (κ2) is 11.7. The molecule has 1 amide bonds. The number of esters is 1. The van der Waals surface area contributed by atoms with Crippen LogP contribution in [0.3, 0.4) is 0 Å². The summed E-state index contributed by atoms with van der Waals surface area (Å²) in [6.07, 6.45) is -3.62. The molecule has 13 heteroatoms. The minimum Gasteiger partial charge on any atom is -0.465 e. The Morgan fingerprint density at radius 3 is 2.26 bits per heavy atom. The third-order valence-corrected chi connectivity index (χ3v) is 7.29. The fourth-order valence-electron chi connectivity index (χ4n) is 3.21. The summed E-state index contributed by atoms with van der Waals surface area (Å²) in [5.74, 6) is -1.46. The third-order valence-electron chi connectivity index (χ3n) is 5.17. The molecule has 0 aliphatic carbocycles. The minimum atomic E-state index is -4.86. The number of nitrogens with zero attached hydrogens (tertiary/aromatic N) is 2. The molecule has 0 radical (unpaired) electrons. The lowest BCUT2D eigenvalue weighted by Gasteiger charge is -2.25. The van der Waals surface area contributed by atoms with E-state index in [2.05, 4.69) is 15.3 Å². The molecule has 0 atom stereocenters. The van der Waals surface area contributed by atoms with Gasteiger partial charge in [-0.25, -0.2) is 18.6 Å². The van der Waals surface area contributed by atoms with Gasteiger partial charge < -0.3 is 4.74 Å². The summed E-state index contributed by atoms with van der Waals surface area (Å²) >= 11 is 5.69. The van der Waals surface area contributed by atoms with E-state index in [9.17, 15) is 31.2 Å². The molecule has 3 rings (SSSR count). The monoisotopic (exact) mass is 567 g/mol. The van der Waals surface area contributed by atoms with E-state index in [4.69, 9.17) is 11.6 Å². The van der Waals surface area contributed by atoms with Gasteiger partial charge in [0.1, 0.15) is 6.54 Å². The average molecular weight is 568 g/mol. The van der Waals surface area contributed by atoms with Crippen LogP contribution >= 0.6 is 11.6 Å². The van der Waals surface area contributed by atoms with Crippen molar-refractivity contribution in [1.29, 1.82) is 0 Å². The van der Waals surface area contributed by atoms with Crippen molar-refractivity contribution in [2.24, 2.45) is 5.10 Å². The molecule has 0 unspecified atom stereocenters. The summed E-state index contributed by atoms with van der Waals surface area (Å²) in [5.41, 5.74) is 2.03. The van der Waals surface area contributed by atoms with Crippen molar-refractivity contribution in [3.8, 4) is 0 Å². The number of carbonyl (C=O) groups is 2. The van der Waals surface area contributed by atoms with Gasteiger partial charge in [-0.1, -0.05) is 41.4 Å². The fourth-order valence-corrected chi connectivity index (χ4v) is 4.84. The molecule has 8 nitrogen and oxygen atoms in total. The highest BCUT2D eigenvalue weighted by atomic mass is 35.5. The van der Waals surface area contributed by atoms with Gasteiger partial charge in [-0.2, -0.15) is 18.3 Å². The Hall–Kier alpha value is -3.90. The highest BCUT2D eigenvalue weighted by Crippen LogP contribution is 2.38. The van der Waals surface area contributed by atoms with E-state index in [1.54, 1.807) is 6.92 Å². The van der Waals surface area contributed by atoms with Gasteiger partial charge in [-0.15, -0.1) is 0 Å². The quantitative estimate of drug-likeness (QED) is 0.239. The predicted molar refractivity (Wildman–Crippen MR) is 136 cm³/mol. The number of nitrogens with one attached hydrogen (secondary N) is 1. The molecule has 0 saturated heterocycles. The summed E-state index contributed by atoms with van der Waals surface area (Å²) in [6.45, 7) is 0.852. The summed E-state index contributed by atoms with van der Waals surface area (Å²) in [4.78, 5) is 23.9. The summed E-state index contributed by atoms with van der Waals surface area (Å²) in [6, 6.07) is 14.2. The van der Waals surface area contributed by atoms with E-state index in [-0.39, 0.29) is 4.90 Å². The SMILES string of the molecule is COC(=O)c1ccc(/C=N\NC(=O)CN(c2ccc(Cl)c(C(F)(F)F)c2)S(=O)(=O)c2ccc(C)cc2)cc1. The van der Waals surface area contributed by atoms with Gasteiger partial charge >= 0.3 is 12.1 Å². The number of ether oxygens (including phenoxy) is 1. The molecule has 0 fully saturated rings. The number of carbonyl (C=O) groups excluding carboxylic acids is 2. The maximum Gasteiger partial charge on any atom is 0.417 e. The molecule has 0 saturated carbocycles. The van der Waals surface area contributed by atoms with Crippen molar-refractivity contribution in [2.75, 3.05) is 18.0 Å². The molecule has 0 spiro atoms. The molecular weight excluding hydrogens is 547 g/mol. The van der Waals surface area contributed by atoms with Crippen LogP contribution in [0.5, 0.6) is 0 Å². The zero-order chi connectivity index (χ0) is 28.1. The molecule has 0 heterocycles. The van der Waals surface area contributed by atoms with Crippen LogP contribution in [0.15, 0.2) is 76.7 Å². The smallest absolute Gasteiger partial charge is 0.417 e. The number of hydrogen-bond donors (Lipinski definition) is 1. The molecule has 200 valence electrons. The number of aryl methyl sites for hydroxylation is 1. The van der Waals surface area contributed by atoms with Crippen LogP contribution in [-0.2, 0) is 25.7 Å². The molecule has 0 bridgehead atoms. The number of anilines is 1. The molecule has 38 heavy (non-hydrogen) atoms. The van der Waals surface area contributed by atoms with Gasteiger partial charge in [-0.3, -0.25) is 9.10 Å². The van der Waals surface area contributed by atoms with E-state index in [1.807, 2.05) is 0 Å². The van der Waals surface area contributed by atoms with Crippen LogP contribution in [0, 0.1) is 6.92 Å². The van der Waals surface area contributed by atoms with Gasteiger partial charge in [0.25, 0.3) is 15.9 Å². The zero-order valence-corrected chi connectivity index (χ0v) is 21.6. The second-order valence-electron chi connectivity index (χ2n) is 7.89. The lowest BCUT2D eigenvalue weighted by Crippen LogP contribution is -2.39. The number of rotatable bonds is 8. The highest BCUT2D eigenvalue weighted by Gasteiger charge is 2.35. The number of methoxy groups -OCH3 is 1. The van der Waals surface area contributed by atoms with Crippen molar-refractivity contribution in [1.82, 2.24) is 5.43 Å². The Kier molecular flexibility index (Phi) is 8.79. The van der Waals surface area contributed by atoms with Crippen LogP contribution in [0.1, 0.15) is 27.0 Å². The molecule has 3 aromatic carbocycles. The largest absolute Gasteiger partial charge is 0.465 e. The van der Waals surface area contributed by atoms with Crippen molar-refractivity contribution in [3.63, 3.8) is 0 Å². The number of hydrazone groups is 1. The molecule has 0 aromatic heterocycles. The summed E-state index contributed by atoms with van der Waals surface area (Å²) in [7, 11) is -3.23. The number of amides is 1. The zero-order valence-electron chi connectivity index (χ0n) is 20.0.